The third kappa shape index (κ3) is 8.54. The summed E-state index contributed by atoms with van der Waals surface area (Å²) in [5.74, 6) is -0.558. The van der Waals surface area contributed by atoms with Crippen molar-refractivity contribution in [1.82, 2.24) is 15.5 Å². The zero-order chi connectivity index (χ0) is 21.6. The van der Waals surface area contributed by atoms with E-state index < -0.39 is 18.2 Å². The Labute approximate surface area is 174 Å². The molecule has 2 N–H and O–H groups in total. The van der Waals surface area contributed by atoms with Crippen LogP contribution in [0.1, 0.15) is 57.9 Å². The zero-order valence-electron chi connectivity index (χ0n) is 18.1. The highest BCUT2D eigenvalue weighted by atomic mass is 16.6. The van der Waals surface area contributed by atoms with Gasteiger partial charge in [-0.15, -0.1) is 0 Å². The molecular formula is C22H35N3O4. The number of unbranched alkanes of at least 4 members (excludes halogenated alkanes) is 2. The molecule has 0 saturated heterocycles. The van der Waals surface area contributed by atoms with E-state index in [2.05, 4.69) is 10.6 Å². The number of nitrogens with zero attached hydrogens (tertiary/aromatic N) is 1. The van der Waals surface area contributed by atoms with Gasteiger partial charge < -0.3 is 15.4 Å². The molecule has 0 aliphatic rings. The van der Waals surface area contributed by atoms with Crippen molar-refractivity contribution in [2.45, 2.75) is 71.1 Å². The number of hydrogen-bond donors (Lipinski definition) is 2. The Balaban J connectivity index is 2.79. The number of ether oxygens (including phenoxy) is 1. The van der Waals surface area contributed by atoms with Gasteiger partial charge in [-0.05, 0) is 18.4 Å². The monoisotopic (exact) mass is 405 g/mol. The van der Waals surface area contributed by atoms with Crippen molar-refractivity contribution < 1.29 is 19.1 Å². The minimum atomic E-state index is -0.688. The highest BCUT2D eigenvalue weighted by molar-refractivity contribution is 5.91. The average Bonchev–Trinajstić information content (AvgIpc) is 2.75. The molecular weight excluding hydrogens is 370 g/mol. The van der Waals surface area contributed by atoms with Crippen molar-refractivity contribution in [2.24, 2.45) is 0 Å². The Hall–Kier alpha value is -2.57. The van der Waals surface area contributed by atoms with Gasteiger partial charge in [-0.2, -0.15) is 0 Å². The minimum absolute atomic E-state index is 0.142. The molecule has 0 aliphatic heterocycles. The molecule has 0 aromatic heterocycles. The molecule has 1 aromatic carbocycles. The molecule has 0 heterocycles. The van der Waals surface area contributed by atoms with Gasteiger partial charge in [0.1, 0.15) is 18.7 Å². The molecule has 2 atom stereocenters. The number of benzene rings is 1. The summed E-state index contributed by atoms with van der Waals surface area (Å²) in [5.41, 5.74) is 0.878. The van der Waals surface area contributed by atoms with Gasteiger partial charge in [0, 0.05) is 14.1 Å². The molecule has 0 bridgehead atoms. The second-order valence-electron chi connectivity index (χ2n) is 7.13. The summed E-state index contributed by atoms with van der Waals surface area (Å²) in [6.45, 7) is 4.20. The quantitative estimate of drug-likeness (QED) is 0.559. The van der Waals surface area contributed by atoms with Gasteiger partial charge >= 0.3 is 6.09 Å². The van der Waals surface area contributed by atoms with E-state index in [1.54, 1.807) is 14.1 Å². The summed E-state index contributed by atoms with van der Waals surface area (Å²) in [6, 6.07) is 8.09. The van der Waals surface area contributed by atoms with Crippen LogP contribution in [0.3, 0.4) is 0 Å². The van der Waals surface area contributed by atoms with E-state index in [0.717, 1.165) is 31.2 Å². The molecule has 162 valence electrons. The summed E-state index contributed by atoms with van der Waals surface area (Å²) in [4.78, 5) is 38.9. The van der Waals surface area contributed by atoms with E-state index in [9.17, 15) is 14.4 Å². The smallest absolute Gasteiger partial charge is 0.410 e. The van der Waals surface area contributed by atoms with E-state index in [4.69, 9.17) is 4.74 Å². The number of carbonyl (C=O) groups is 3. The van der Waals surface area contributed by atoms with Gasteiger partial charge in [0.05, 0.1) is 0 Å². The molecule has 1 aromatic rings. The molecule has 7 nitrogen and oxygen atoms in total. The molecule has 3 amide bonds. The van der Waals surface area contributed by atoms with Crippen molar-refractivity contribution in [2.75, 3.05) is 14.1 Å². The first-order chi connectivity index (χ1) is 13.9. The first-order valence-electron chi connectivity index (χ1n) is 10.4. The van der Waals surface area contributed by atoms with Gasteiger partial charge in [-0.3, -0.25) is 14.5 Å². The fourth-order valence-electron chi connectivity index (χ4n) is 2.97. The molecule has 7 heteroatoms. The highest BCUT2D eigenvalue weighted by Crippen LogP contribution is 2.12. The number of likely N-dealkylation sites (N-methyl/N-ethyl adjacent to an activating group) is 2. The van der Waals surface area contributed by atoms with Gasteiger partial charge in [0.2, 0.25) is 11.8 Å². The highest BCUT2D eigenvalue weighted by Gasteiger charge is 2.30. The Morgan fingerprint density at radius 1 is 1.00 bits per heavy atom. The van der Waals surface area contributed by atoms with Crippen LogP contribution in [0.5, 0.6) is 0 Å². The van der Waals surface area contributed by atoms with Crippen LogP contribution in [0.15, 0.2) is 30.3 Å². The number of rotatable bonds is 12. The van der Waals surface area contributed by atoms with Crippen molar-refractivity contribution >= 4 is 17.9 Å². The third-order valence-electron chi connectivity index (χ3n) is 4.82. The molecule has 0 radical (unpaired) electrons. The zero-order valence-corrected chi connectivity index (χ0v) is 18.1. The van der Waals surface area contributed by atoms with Crippen LogP contribution >= 0.6 is 0 Å². The maximum atomic E-state index is 12.9. The average molecular weight is 406 g/mol. The topological polar surface area (TPSA) is 87.7 Å². The van der Waals surface area contributed by atoms with E-state index in [-0.39, 0.29) is 18.4 Å². The second kappa shape index (κ2) is 13.6. The SMILES string of the molecule is CCCC[C@H](NC(=O)[C@H](CCCC)N(C)C(=O)OCc1ccccc1)C(=O)NC. The van der Waals surface area contributed by atoms with Crippen LogP contribution in [0.25, 0.3) is 0 Å². The molecule has 0 spiro atoms. The predicted molar refractivity (Wildman–Crippen MR) is 113 cm³/mol. The first-order valence-corrected chi connectivity index (χ1v) is 10.4. The van der Waals surface area contributed by atoms with Crippen molar-refractivity contribution in [3.05, 3.63) is 35.9 Å². The Kier molecular flexibility index (Phi) is 11.5. The largest absolute Gasteiger partial charge is 0.445 e. The minimum Gasteiger partial charge on any atom is -0.445 e. The molecule has 0 saturated carbocycles. The first kappa shape index (κ1) is 24.5. The molecule has 29 heavy (non-hydrogen) atoms. The Bertz CT molecular complexity index is 636. The number of nitrogens with one attached hydrogen (secondary N) is 2. The second-order valence-corrected chi connectivity index (χ2v) is 7.13. The van der Waals surface area contributed by atoms with Crippen molar-refractivity contribution in [3.63, 3.8) is 0 Å². The van der Waals surface area contributed by atoms with Crippen LogP contribution < -0.4 is 10.6 Å². The van der Waals surface area contributed by atoms with E-state index >= 15 is 0 Å². The number of amides is 3. The number of hydrogen-bond acceptors (Lipinski definition) is 4. The van der Waals surface area contributed by atoms with Crippen molar-refractivity contribution in [1.29, 1.82) is 0 Å². The van der Waals surface area contributed by atoms with Gasteiger partial charge in [0.25, 0.3) is 0 Å². The summed E-state index contributed by atoms with van der Waals surface area (Å²) < 4.78 is 5.37. The summed E-state index contributed by atoms with van der Waals surface area (Å²) >= 11 is 0. The van der Waals surface area contributed by atoms with Crippen molar-refractivity contribution in [3.8, 4) is 0 Å². The summed E-state index contributed by atoms with van der Waals surface area (Å²) in [6.07, 6.45) is 3.94. The van der Waals surface area contributed by atoms with Crippen LogP contribution in [0, 0.1) is 0 Å². The molecule has 1 rings (SSSR count). The van der Waals surface area contributed by atoms with Gasteiger partial charge in [-0.25, -0.2) is 4.79 Å². The fourth-order valence-corrected chi connectivity index (χ4v) is 2.97. The van der Waals surface area contributed by atoms with Gasteiger partial charge in [-0.1, -0.05) is 69.9 Å². The standard InChI is InChI=1S/C22H35N3O4/c1-5-7-14-18(20(26)23-3)24-21(27)19(15-8-6-2)25(4)22(28)29-16-17-12-10-9-11-13-17/h9-13,18-19H,5-8,14-16H2,1-4H3,(H,23,26)(H,24,27)/t18-,19-/m0/s1. The lowest BCUT2D eigenvalue weighted by Gasteiger charge is -2.28. The van der Waals surface area contributed by atoms with E-state index in [0.29, 0.717) is 12.8 Å². The van der Waals surface area contributed by atoms with Crippen LogP contribution in [-0.4, -0.2) is 49.0 Å². The maximum Gasteiger partial charge on any atom is 0.410 e. The maximum absolute atomic E-state index is 12.9. The van der Waals surface area contributed by atoms with E-state index in [1.807, 2.05) is 44.2 Å². The molecule has 0 fully saturated rings. The molecule has 0 aliphatic carbocycles. The van der Waals surface area contributed by atoms with Crippen LogP contribution in [0.4, 0.5) is 4.79 Å². The summed E-state index contributed by atoms with van der Waals surface area (Å²) in [7, 11) is 3.11. The molecule has 0 unspecified atom stereocenters. The Morgan fingerprint density at radius 3 is 2.21 bits per heavy atom. The lowest BCUT2D eigenvalue weighted by molar-refractivity contribution is -0.131. The number of carbonyl (C=O) groups excluding carboxylic acids is 3. The van der Waals surface area contributed by atoms with Gasteiger partial charge in [0.15, 0.2) is 0 Å². The third-order valence-corrected chi connectivity index (χ3v) is 4.82. The fraction of sp³-hybridized carbons (Fsp3) is 0.591. The lowest BCUT2D eigenvalue weighted by atomic mass is 10.1. The van der Waals surface area contributed by atoms with Crippen LogP contribution in [0.2, 0.25) is 0 Å². The normalized spacial score (nSPS) is 12.6. The van der Waals surface area contributed by atoms with Crippen LogP contribution in [-0.2, 0) is 20.9 Å². The van der Waals surface area contributed by atoms with E-state index in [1.165, 1.54) is 4.90 Å². The summed E-state index contributed by atoms with van der Waals surface area (Å²) in [5, 5.41) is 5.41. The predicted octanol–water partition coefficient (Wildman–Crippen LogP) is 3.23. The Morgan fingerprint density at radius 2 is 1.62 bits per heavy atom. The lowest BCUT2D eigenvalue weighted by Crippen LogP contribution is -2.53.